The number of rotatable bonds is 5. The highest BCUT2D eigenvalue weighted by Crippen LogP contribution is 2.42. The summed E-state index contributed by atoms with van der Waals surface area (Å²) in [4.78, 5) is 0. The van der Waals surface area contributed by atoms with Crippen LogP contribution in [-0.4, -0.2) is 5.88 Å². The Bertz CT molecular complexity index is 593. The van der Waals surface area contributed by atoms with Crippen molar-refractivity contribution in [1.29, 1.82) is 0 Å². The van der Waals surface area contributed by atoms with Crippen molar-refractivity contribution < 1.29 is 0 Å². The van der Waals surface area contributed by atoms with Crippen LogP contribution in [0.1, 0.15) is 23.1 Å². The number of alkyl halides is 1. The van der Waals surface area contributed by atoms with Crippen molar-refractivity contribution in [3.63, 3.8) is 0 Å². The molecule has 1 heteroatoms. The molecule has 0 heterocycles. The molecule has 0 saturated heterocycles. The molecule has 0 saturated carbocycles. The topological polar surface area (TPSA) is 0 Å². The summed E-state index contributed by atoms with van der Waals surface area (Å²) in [6.45, 7) is 0. The zero-order valence-corrected chi connectivity index (χ0v) is 13.2. The minimum atomic E-state index is -0.203. The van der Waals surface area contributed by atoms with Crippen molar-refractivity contribution in [2.75, 3.05) is 5.88 Å². The molecule has 0 N–H and O–H groups in total. The maximum absolute atomic E-state index is 6.24. The summed E-state index contributed by atoms with van der Waals surface area (Å²) in [6, 6.07) is 32.0. The molecule has 0 nitrogen and oxygen atoms in total. The van der Waals surface area contributed by atoms with E-state index in [-0.39, 0.29) is 5.41 Å². The molecule has 3 aromatic carbocycles. The van der Waals surface area contributed by atoms with Crippen molar-refractivity contribution in [3.8, 4) is 0 Å². The lowest BCUT2D eigenvalue weighted by molar-refractivity contribution is 0.597. The maximum atomic E-state index is 6.24. The van der Waals surface area contributed by atoms with E-state index in [1.165, 1.54) is 16.7 Å². The third-order valence-electron chi connectivity index (χ3n) is 4.27. The van der Waals surface area contributed by atoms with Gasteiger partial charge in [-0.3, -0.25) is 0 Å². The smallest absolute Gasteiger partial charge is 0.0462 e. The fourth-order valence-electron chi connectivity index (χ4n) is 3.24. The van der Waals surface area contributed by atoms with E-state index in [0.717, 1.165) is 6.42 Å². The van der Waals surface area contributed by atoms with Crippen molar-refractivity contribution in [2.45, 2.75) is 11.8 Å². The van der Waals surface area contributed by atoms with Crippen molar-refractivity contribution in [3.05, 3.63) is 108 Å². The number of benzene rings is 3. The highest BCUT2D eigenvalue weighted by atomic mass is 35.5. The fraction of sp³-hybridized carbons (Fsp3) is 0.143. The van der Waals surface area contributed by atoms with Crippen LogP contribution >= 0.6 is 11.6 Å². The summed E-state index contributed by atoms with van der Waals surface area (Å²) in [7, 11) is 0. The molecule has 22 heavy (non-hydrogen) atoms. The molecule has 0 amide bonds. The fourth-order valence-corrected chi connectivity index (χ4v) is 3.53. The first-order chi connectivity index (χ1) is 10.9. The Morgan fingerprint density at radius 1 is 0.545 bits per heavy atom. The van der Waals surface area contributed by atoms with E-state index in [1.54, 1.807) is 0 Å². The Balaban J connectivity index is 2.29. The summed E-state index contributed by atoms with van der Waals surface area (Å²) in [5, 5.41) is 0. The lowest BCUT2D eigenvalue weighted by Gasteiger charge is -2.35. The van der Waals surface area contributed by atoms with Gasteiger partial charge in [0.25, 0.3) is 0 Å². The van der Waals surface area contributed by atoms with Crippen LogP contribution in [0.5, 0.6) is 0 Å². The summed E-state index contributed by atoms with van der Waals surface area (Å²) < 4.78 is 0. The molecule has 0 unspecified atom stereocenters. The molecule has 3 rings (SSSR count). The molecule has 0 radical (unpaired) electrons. The van der Waals surface area contributed by atoms with Gasteiger partial charge in [-0.05, 0) is 23.1 Å². The first kappa shape index (κ1) is 14.9. The third-order valence-corrected chi connectivity index (χ3v) is 4.46. The zero-order valence-electron chi connectivity index (χ0n) is 12.5. The van der Waals surface area contributed by atoms with Crippen LogP contribution in [0.2, 0.25) is 0 Å². The first-order valence-corrected chi connectivity index (χ1v) is 8.14. The average Bonchev–Trinajstić information content (AvgIpc) is 2.62. The molecule has 3 aromatic rings. The van der Waals surface area contributed by atoms with Gasteiger partial charge in [-0.1, -0.05) is 91.0 Å². The summed E-state index contributed by atoms with van der Waals surface area (Å²) in [5.41, 5.74) is 3.65. The molecule has 0 spiro atoms. The Labute approximate surface area is 137 Å². The molecular formula is C21H19Cl. The number of hydrogen-bond donors (Lipinski definition) is 0. The van der Waals surface area contributed by atoms with Crippen molar-refractivity contribution in [1.82, 2.24) is 0 Å². The van der Waals surface area contributed by atoms with Gasteiger partial charge in [-0.15, -0.1) is 11.6 Å². The molecule has 0 atom stereocenters. The molecular weight excluding hydrogens is 288 g/mol. The van der Waals surface area contributed by atoms with E-state index < -0.39 is 0 Å². The minimum Gasteiger partial charge on any atom is -0.127 e. The Kier molecular flexibility index (Phi) is 4.60. The van der Waals surface area contributed by atoms with Gasteiger partial charge < -0.3 is 0 Å². The van der Waals surface area contributed by atoms with Gasteiger partial charge in [0.05, 0.1) is 0 Å². The van der Waals surface area contributed by atoms with Gasteiger partial charge >= 0.3 is 0 Å². The highest BCUT2D eigenvalue weighted by Gasteiger charge is 2.35. The quantitative estimate of drug-likeness (QED) is 0.422. The van der Waals surface area contributed by atoms with E-state index in [0.29, 0.717) is 5.88 Å². The van der Waals surface area contributed by atoms with Gasteiger partial charge in [0.1, 0.15) is 0 Å². The number of halogens is 1. The third kappa shape index (κ3) is 2.67. The van der Waals surface area contributed by atoms with Crippen LogP contribution in [0.4, 0.5) is 0 Å². The minimum absolute atomic E-state index is 0.203. The lowest BCUT2D eigenvalue weighted by Crippen LogP contribution is -2.30. The number of hydrogen-bond acceptors (Lipinski definition) is 0. The second-order valence-electron chi connectivity index (χ2n) is 5.44. The van der Waals surface area contributed by atoms with E-state index in [9.17, 15) is 0 Å². The van der Waals surface area contributed by atoms with Crippen LogP contribution in [0.25, 0.3) is 0 Å². The molecule has 0 aliphatic heterocycles. The normalized spacial score (nSPS) is 11.3. The van der Waals surface area contributed by atoms with E-state index in [4.69, 9.17) is 11.6 Å². The SMILES string of the molecule is ClCCC(c1ccccc1)(c1ccccc1)c1ccccc1. The standard InChI is InChI=1S/C21H19Cl/c22-17-16-21(18-10-4-1-5-11-18,19-12-6-2-7-13-19)20-14-8-3-9-15-20/h1-15H,16-17H2. The predicted octanol–water partition coefficient (Wildman–Crippen LogP) is 5.65. The predicted molar refractivity (Wildman–Crippen MR) is 94.5 cm³/mol. The molecule has 0 aliphatic carbocycles. The van der Waals surface area contributed by atoms with Crippen LogP contribution < -0.4 is 0 Å². The van der Waals surface area contributed by atoms with E-state index in [1.807, 2.05) is 0 Å². The van der Waals surface area contributed by atoms with Gasteiger partial charge in [-0.25, -0.2) is 0 Å². The Morgan fingerprint density at radius 3 is 1.14 bits per heavy atom. The maximum Gasteiger partial charge on any atom is 0.0462 e. The van der Waals surface area contributed by atoms with Crippen molar-refractivity contribution in [2.24, 2.45) is 0 Å². The van der Waals surface area contributed by atoms with Crippen LogP contribution in [-0.2, 0) is 5.41 Å². The molecule has 110 valence electrons. The monoisotopic (exact) mass is 306 g/mol. The second-order valence-corrected chi connectivity index (χ2v) is 5.82. The van der Waals surface area contributed by atoms with Crippen LogP contribution in [0, 0.1) is 0 Å². The summed E-state index contributed by atoms with van der Waals surface area (Å²) in [5.74, 6) is 0.610. The van der Waals surface area contributed by atoms with Gasteiger partial charge in [0, 0.05) is 11.3 Å². The average molecular weight is 307 g/mol. The Morgan fingerprint density at radius 2 is 0.864 bits per heavy atom. The van der Waals surface area contributed by atoms with E-state index in [2.05, 4.69) is 91.0 Å². The molecule has 0 fully saturated rings. The highest BCUT2D eigenvalue weighted by molar-refractivity contribution is 6.18. The van der Waals surface area contributed by atoms with Gasteiger partial charge in [0.2, 0.25) is 0 Å². The second kappa shape index (κ2) is 6.81. The van der Waals surface area contributed by atoms with Gasteiger partial charge in [0.15, 0.2) is 0 Å². The van der Waals surface area contributed by atoms with Crippen LogP contribution in [0.15, 0.2) is 91.0 Å². The summed E-state index contributed by atoms with van der Waals surface area (Å²) >= 11 is 6.24. The summed E-state index contributed by atoms with van der Waals surface area (Å²) in [6.07, 6.45) is 0.868. The molecule has 0 bridgehead atoms. The molecule has 0 aliphatic rings. The lowest BCUT2D eigenvalue weighted by atomic mass is 9.68. The zero-order chi connectivity index (χ0) is 15.3. The Hall–Kier alpha value is -2.05. The van der Waals surface area contributed by atoms with Gasteiger partial charge in [-0.2, -0.15) is 0 Å². The van der Waals surface area contributed by atoms with Crippen molar-refractivity contribution >= 4 is 11.6 Å². The van der Waals surface area contributed by atoms with E-state index >= 15 is 0 Å². The van der Waals surface area contributed by atoms with Crippen LogP contribution in [0.3, 0.4) is 0 Å². The first-order valence-electron chi connectivity index (χ1n) is 7.60. The largest absolute Gasteiger partial charge is 0.127 e. The molecule has 0 aromatic heterocycles.